The van der Waals surface area contributed by atoms with E-state index in [1.807, 2.05) is 17.7 Å². The van der Waals surface area contributed by atoms with E-state index in [1.165, 1.54) is 18.9 Å². The fourth-order valence-electron chi connectivity index (χ4n) is 5.36. The predicted octanol–water partition coefficient (Wildman–Crippen LogP) is 3.74. The number of hydrogen-bond donors (Lipinski definition) is 3. The average molecular weight is 490 g/mol. The highest BCUT2D eigenvalue weighted by atomic mass is 19.1. The molecule has 192 valence electrons. The molecule has 2 heterocycles. The highest BCUT2D eigenvalue weighted by Crippen LogP contribution is 2.33. The zero-order valence-corrected chi connectivity index (χ0v) is 20.9. The second-order valence-electron chi connectivity index (χ2n) is 10.5. The molecule has 35 heavy (non-hydrogen) atoms. The van der Waals surface area contributed by atoms with Crippen LogP contribution in [0.15, 0.2) is 24.7 Å². The van der Waals surface area contributed by atoms with Crippen LogP contribution in [0.2, 0.25) is 0 Å². The third-order valence-corrected chi connectivity index (χ3v) is 7.23. The SMILES string of the molecule is CCCC(NC1CCc2cc(F)cc(F)c2C1O)C(=O)Nc1cn(C(C)(C)CN2CCCC2)cn1. The van der Waals surface area contributed by atoms with Crippen LogP contribution in [0.5, 0.6) is 0 Å². The zero-order chi connectivity index (χ0) is 25.2. The number of rotatable bonds is 9. The maximum Gasteiger partial charge on any atom is 0.242 e. The van der Waals surface area contributed by atoms with Crippen molar-refractivity contribution in [2.75, 3.05) is 25.0 Å². The maximum atomic E-state index is 14.4. The van der Waals surface area contributed by atoms with Gasteiger partial charge in [-0.25, -0.2) is 13.8 Å². The van der Waals surface area contributed by atoms with Crippen molar-refractivity contribution in [3.8, 4) is 0 Å². The molecule has 0 radical (unpaired) electrons. The van der Waals surface area contributed by atoms with Crippen LogP contribution in [-0.2, 0) is 16.8 Å². The molecular weight excluding hydrogens is 452 g/mol. The maximum absolute atomic E-state index is 14.4. The number of carbonyl (C=O) groups excluding carboxylic acids is 1. The summed E-state index contributed by atoms with van der Waals surface area (Å²) in [6.45, 7) is 9.44. The normalized spacial score (nSPS) is 21.7. The standard InChI is InChI=1S/C26H37F2N5O2/c1-4-7-21(30-20-9-8-17-12-18(27)13-19(28)23(17)24(20)34)25(35)31-22-14-33(16-29-22)26(2,3)15-32-10-5-6-11-32/h12-14,16,20-21,24,30,34H,4-11,15H2,1-3H3,(H,31,35). The van der Waals surface area contributed by atoms with Gasteiger partial charge in [-0.2, -0.15) is 0 Å². The molecule has 3 atom stereocenters. The lowest BCUT2D eigenvalue weighted by atomic mass is 9.85. The molecule has 0 spiro atoms. The first kappa shape index (κ1) is 25.7. The summed E-state index contributed by atoms with van der Waals surface area (Å²) in [5, 5.41) is 16.9. The van der Waals surface area contributed by atoms with Gasteiger partial charge in [-0.3, -0.25) is 4.79 Å². The quantitative estimate of drug-likeness (QED) is 0.500. The van der Waals surface area contributed by atoms with Gasteiger partial charge in [0, 0.05) is 30.4 Å². The lowest BCUT2D eigenvalue weighted by molar-refractivity contribution is -0.118. The highest BCUT2D eigenvalue weighted by molar-refractivity contribution is 5.94. The van der Waals surface area contributed by atoms with E-state index in [9.17, 15) is 18.7 Å². The number of nitrogens with one attached hydrogen (secondary N) is 2. The van der Waals surface area contributed by atoms with Crippen molar-refractivity contribution in [1.29, 1.82) is 0 Å². The number of anilines is 1. The molecule has 1 aromatic carbocycles. The van der Waals surface area contributed by atoms with Crippen molar-refractivity contribution >= 4 is 11.7 Å². The van der Waals surface area contributed by atoms with Gasteiger partial charge in [0.1, 0.15) is 11.6 Å². The van der Waals surface area contributed by atoms with E-state index < -0.39 is 29.8 Å². The molecule has 4 rings (SSSR count). The van der Waals surface area contributed by atoms with E-state index in [4.69, 9.17) is 0 Å². The Morgan fingerprint density at radius 2 is 2.03 bits per heavy atom. The number of aromatic nitrogens is 2. The smallest absolute Gasteiger partial charge is 0.242 e. The number of imidazole rings is 1. The summed E-state index contributed by atoms with van der Waals surface area (Å²) in [5.41, 5.74) is 0.432. The monoisotopic (exact) mass is 489 g/mol. The molecule has 2 aliphatic rings. The van der Waals surface area contributed by atoms with Gasteiger partial charge in [0.15, 0.2) is 5.82 Å². The van der Waals surface area contributed by atoms with E-state index >= 15 is 0 Å². The Morgan fingerprint density at radius 3 is 2.74 bits per heavy atom. The summed E-state index contributed by atoms with van der Waals surface area (Å²) in [4.78, 5) is 20.0. The minimum Gasteiger partial charge on any atom is -0.387 e. The number of fused-ring (bicyclic) bond motifs is 1. The second-order valence-corrected chi connectivity index (χ2v) is 10.5. The lowest BCUT2D eigenvalue weighted by Gasteiger charge is -2.33. The number of aliphatic hydroxyl groups excluding tert-OH is 1. The minimum atomic E-state index is -1.16. The van der Waals surface area contributed by atoms with Gasteiger partial charge in [0.25, 0.3) is 0 Å². The molecule has 3 N–H and O–H groups in total. The lowest BCUT2D eigenvalue weighted by Crippen LogP contribution is -2.49. The number of halogens is 2. The molecular formula is C26H37F2N5O2. The summed E-state index contributed by atoms with van der Waals surface area (Å²) < 4.78 is 30.0. The molecule has 2 aromatic rings. The summed E-state index contributed by atoms with van der Waals surface area (Å²) in [6.07, 6.45) is 7.12. The van der Waals surface area contributed by atoms with Gasteiger partial charge in [-0.1, -0.05) is 13.3 Å². The van der Waals surface area contributed by atoms with E-state index in [1.54, 1.807) is 6.33 Å². The van der Waals surface area contributed by atoms with Crippen LogP contribution in [0.1, 0.15) is 70.1 Å². The van der Waals surface area contributed by atoms with Gasteiger partial charge in [-0.15, -0.1) is 0 Å². The van der Waals surface area contributed by atoms with Crippen molar-refractivity contribution in [3.63, 3.8) is 0 Å². The summed E-state index contributed by atoms with van der Waals surface area (Å²) in [5.74, 6) is -1.17. The Balaban J connectivity index is 1.41. The highest BCUT2D eigenvalue weighted by Gasteiger charge is 2.34. The largest absolute Gasteiger partial charge is 0.387 e. The van der Waals surface area contributed by atoms with Crippen LogP contribution in [-0.4, -0.2) is 57.2 Å². The summed E-state index contributed by atoms with van der Waals surface area (Å²) >= 11 is 0. The van der Waals surface area contributed by atoms with Crippen LogP contribution in [0.4, 0.5) is 14.6 Å². The number of amides is 1. The van der Waals surface area contributed by atoms with Crippen molar-refractivity contribution in [3.05, 3.63) is 47.4 Å². The number of benzene rings is 1. The van der Waals surface area contributed by atoms with Gasteiger partial charge < -0.3 is 25.2 Å². The Hall–Kier alpha value is -2.36. The van der Waals surface area contributed by atoms with E-state index in [0.29, 0.717) is 30.6 Å². The topological polar surface area (TPSA) is 82.4 Å². The molecule has 3 unspecified atom stereocenters. The number of nitrogens with zero attached hydrogens (tertiary/aromatic N) is 3. The molecule has 1 amide bonds. The number of hydrogen-bond acceptors (Lipinski definition) is 5. The number of carbonyl (C=O) groups is 1. The van der Waals surface area contributed by atoms with Crippen LogP contribution >= 0.6 is 0 Å². The molecule has 0 bridgehead atoms. The zero-order valence-electron chi connectivity index (χ0n) is 20.9. The fourth-order valence-corrected chi connectivity index (χ4v) is 5.36. The predicted molar refractivity (Wildman–Crippen MR) is 131 cm³/mol. The molecule has 1 aliphatic carbocycles. The van der Waals surface area contributed by atoms with Crippen molar-refractivity contribution in [1.82, 2.24) is 19.8 Å². The first-order valence-electron chi connectivity index (χ1n) is 12.7. The average Bonchev–Trinajstić information content (AvgIpc) is 3.47. The molecule has 1 aliphatic heterocycles. The Kier molecular flexibility index (Phi) is 7.88. The van der Waals surface area contributed by atoms with Crippen LogP contribution in [0.25, 0.3) is 0 Å². The number of likely N-dealkylation sites (tertiary alicyclic amines) is 1. The summed E-state index contributed by atoms with van der Waals surface area (Å²) in [7, 11) is 0. The van der Waals surface area contributed by atoms with Gasteiger partial charge in [0.2, 0.25) is 5.91 Å². The molecule has 9 heteroatoms. The van der Waals surface area contributed by atoms with Crippen LogP contribution < -0.4 is 10.6 Å². The second kappa shape index (κ2) is 10.7. The Morgan fingerprint density at radius 1 is 1.29 bits per heavy atom. The molecule has 7 nitrogen and oxygen atoms in total. The Labute approximate surface area is 205 Å². The molecule has 0 saturated carbocycles. The van der Waals surface area contributed by atoms with E-state index in [0.717, 1.165) is 32.1 Å². The van der Waals surface area contributed by atoms with Crippen molar-refractivity contribution < 1.29 is 18.7 Å². The molecule has 1 aromatic heterocycles. The molecule has 1 saturated heterocycles. The fraction of sp³-hybridized carbons (Fsp3) is 0.615. The third-order valence-electron chi connectivity index (χ3n) is 7.23. The van der Waals surface area contributed by atoms with Gasteiger partial charge >= 0.3 is 0 Å². The van der Waals surface area contributed by atoms with E-state index in [-0.39, 0.29) is 17.0 Å². The summed E-state index contributed by atoms with van der Waals surface area (Å²) in [6, 6.07) is 0.979. The van der Waals surface area contributed by atoms with Crippen molar-refractivity contribution in [2.24, 2.45) is 0 Å². The number of aliphatic hydroxyl groups is 1. The number of aryl methyl sites for hydroxylation is 1. The molecule has 1 fully saturated rings. The first-order valence-corrected chi connectivity index (χ1v) is 12.7. The van der Waals surface area contributed by atoms with E-state index in [2.05, 4.69) is 34.4 Å². The minimum absolute atomic E-state index is 0.116. The van der Waals surface area contributed by atoms with Crippen molar-refractivity contribution in [2.45, 2.75) is 83.0 Å². The van der Waals surface area contributed by atoms with Gasteiger partial charge in [0.05, 0.1) is 24.0 Å². The van der Waals surface area contributed by atoms with Crippen LogP contribution in [0, 0.1) is 11.6 Å². The third kappa shape index (κ3) is 5.90. The van der Waals surface area contributed by atoms with Gasteiger partial charge in [-0.05, 0) is 70.7 Å². The first-order chi connectivity index (χ1) is 16.7. The van der Waals surface area contributed by atoms with Crippen LogP contribution in [0.3, 0.4) is 0 Å². The Bertz CT molecular complexity index is 1030.